The molecule has 0 fully saturated rings. The fourth-order valence-electron chi connectivity index (χ4n) is 3.85. The minimum absolute atomic E-state index is 0.0788. The second-order valence-electron chi connectivity index (χ2n) is 8.17. The van der Waals surface area contributed by atoms with E-state index < -0.39 is 11.8 Å². The molecule has 0 aliphatic carbocycles. The van der Waals surface area contributed by atoms with Gasteiger partial charge in [-0.25, -0.2) is 4.39 Å². The molecule has 196 valence electrons. The first kappa shape index (κ1) is 26.4. The van der Waals surface area contributed by atoms with Crippen LogP contribution in [0, 0.1) is 5.82 Å². The lowest BCUT2D eigenvalue weighted by Crippen LogP contribution is -2.16. The second-order valence-corrected chi connectivity index (χ2v) is 8.17. The van der Waals surface area contributed by atoms with Crippen LogP contribution in [0.5, 0.6) is 17.4 Å². The van der Waals surface area contributed by atoms with Crippen LogP contribution in [-0.4, -0.2) is 49.6 Å². The molecule has 3 aromatic carbocycles. The van der Waals surface area contributed by atoms with Crippen molar-refractivity contribution in [3.05, 3.63) is 72.5 Å². The van der Waals surface area contributed by atoms with E-state index in [9.17, 15) is 14.0 Å². The lowest BCUT2D eigenvalue weighted by Gasteiger charge is -2.11. The third-order valence-corrected chi connectivity index (χ3v) is 5.51. The van der Waals surface area contributed by atoms with Gasteiger partial charge in [-0.1, -0.05) is 12.1 Å². The van der Waals surface area contributed by atoms with Gasteiger partial charge in [-0.3, -0.25) is 9.59 Å². The van der Waals surface area contributed by atoms with Crippen molar-refractivity contribution in [1.29, 1.82) is 0 Å². The highest BCUT2D eigenvalue weighted by Gasteiger charge is 2.25. The van der Waals surface area contributed by atoms with E-state index >= 15 is 0 Å². The number of benzene rings is 3. The van der Waals surface area contributed by atoms with Gasteiger partial charge in [-0.05, 0) is 54.1 Å². The van der Waals surface area contributed by atoms with Crippen molar-refractivity contribution >= 4 is 17.6 Å². The number of carbonyl (C=O) groups is 2. The molecular weight excluding hydrogens is 493 g/mol. The van der Waals surface area contributed by atoms with Gasteiger partial charge < -0.3 is 24.3 Å². The Balaban J connectivity index is 1.95. The standard InChI is InChI=1S/C28H26FN3O6/c1-17(33)38-28-26(18-5-9-21(10-6-18)30-25(34)16-35-2)27(19-13-23(36-3)15-24(14-19)37-4)31-32(28)22-11-7-20(29)8-12-22/h5-15H,16H2,1-4H3,(H,30,34). The lowest BCUT2D eigenvalue weighted by atomic mass is 10.0. The first-order valence-corrected chi connectivity index (χ1v) is 11.5. The van der Waals surface area contributed by atoms with Crippen LogP contribution in [0.1, 0.15) is 6.92 Å². The summed E-state index contributed by atoms with van der Waals surface area (Å²) in [7, 11) is 4.52. The summed E-state index contributed by atoms with van der Waals surface area (Å²) in [5.41, 5.74) is 3.27. The number of rotatable bonds is 9. The molecule has 0 aliphatic rings. The Hall–Kier alpha value is -4.70. The van der Waals surface area contributed by atoms with E-state index in [4.69, 9.17) is 24.0 Å². The van der Waals surface area contributed by atoms with Crippen molar-refractivity contribution < 1.29 is 32.9 Å². The number of hydrogen-bond donors (Lipinski definition) is 1. The summed E-state index contributed by atoms with van der Waals surface area (Å²) in [4.78, 5) is 24.1. The van der Waals surface area contributed by atoms with Gasteiger partial charge in [-0.15, -0.1) is 0 Å². The highest BCUT2D eigenvalue weighted by atomic mass is 19.1. The molecule has 38 heavy (non-hydrogen) atoms. The molecule has 1 heterocycles. The summed E-state index contributed by atoms with van der Waals surface area (Å²) in [5, 5.41) is 7.52. The van der Waals surface area contributed by atoms with E-state index in [1.165, 1.54) is 57.2 Å². The van der Waals surface area contributed by atoms with Crippen molar-refractivity contribution in [3.8, 4) is 45.5 Å². The SMILES string of the molecule is COCC(=O)Nc1ccc(-c2c(-c3cc(OC)cc(OC)c3)nn(-c3ccc(F)cc3)c2OC(C)=O)cc1. The summed E-state index contributed by atoms with van der Waals surface area (Å²) in [6.45, 7) is 1.21. The Kier molecular flexibility index (Phi) is 8.03. The van der Waals surface area contributed by atoms with Gasteiger partial charge in [0.15, 0.2) is 0 Å². The Bertz CT molecular complexity index is 1430. The first-order valence-electron chi connectivity index (χ1n) is 11.5. The molecule has 1 amide bonds. The minimum atomic E-state index is -0.562. The maximum absolute atomic E-state index is 13.7. The number of amides is 1. The molecule has 0 atom stereocenters. The molecule has 4 rings (SSSR count). The average molecular weight is 520 g/mol. The molecule has 9 nitrogen and oxygen atoms in total. The van der Waals surface area contributed by atoms with Gasteiger partial charge in [-0.2, -0.15) is 9.78 Å². The van der Waals surface area contributed by atoms with E-state index in [1.807, 2.05) is 0 Å². The summed E-state index contributed by atoms with van der Waals surface area (Å²) < 4.78 is 36.6. The van der Waals surface area contributed by atoms with Crippen LogP contribution in [0.3, 0.4) is 0 Å². The Morgan fingerprint density at radius 3 is 2.08 bits per heavy atom. The normalized spacial score (nSPS) is 10.7. The number of esters is 1. The van der Waals surface area contributed by atoms with Crippen LogP contribution < -0.4 is 19.5 Å². The molecule has 0 saturated carbocycles. The molecule has 0 unspecified atom stereocenters. The van der Waals surface area contributed by atoms with Gasteiger partial charge >= 0.3 is 5.97 Å². The van der Waals surface area contributed by atoms with Crippen LogP contribution >= 0.6 is 0 Å². The van der Waals surface area contributed by atoms with E-state index in [2.05, 4.69) is 5.32 Å². The first-order chi connectivity index (χ1) is 18.3. The molecule has 0 bridgehead atoms. The lowest BCUT2D eigenvalue weighted by molar-refractivity contribution is -0.132. The number of methoxy groups -OCH3 is 3. The van der Waals surface area contributed by atoms with Gasteiger partial charge in [0.1, 0.15) is 29.6 Å². The average Bonchev–Trinajstić information content (AvgIpc) is 3.27. The Morgan fingerprint density at radius 1 is 0.895 bits per heavy atom. The zero-order valence-electron chi connectivity index (χ0n) is 21.3. The van der Waals surface area contributed by atoms with Crippen molar-refractivity contribution in [2.24, 2.45) is 0 Å². The summed E-state index contributed by atoms with van der Waals surface area (Å²) in [6, 6.07) is 17.9. The number of anilines is 1. The Morgan fingerprint density at radius 2 is 1.53 bits per heavy atom. The van der Waals surface area contributed by atoms with Crippen LogP contribution in [-0.2, 0) is 14.3 Å². The molecule has 1 aromatic heterocycles. The number of nitrogens with one attached hydrogen (secondary N) is 1. The third kappa shape index (κ3) is 5.81. The largest absolute Gasteiger partial charge is 0.497 e. The fourth-order valence-corrected chi connectivity index (χ4v) is 3.85. The van der Waals surface area contributed by atoms with E-state index in [-0.39, 0.29) is 18.4 Å². The van der Waals surface area contributed by atoms with E-state index in [0.717, 1.165) is 0 Å². The van der Waals surface area contributed by atoms with Crippen molar-refractivity contribution in [1.82, 2.24) is 9.78 Å². The number of hydrogen-bond acceptors (Lipinski definition) is 7. The van der Waals surface area contributed by atoms with Crippen LogP contribution in [0.25, 0.3) is 28.1 Å². The van der Waals surface area contributed by atoms with Crippen molar-refractivity contribution in [2.75, 3.05) is 33.3 Å². The van der Waals surface area contributed by atoms with Crippen molar-refractivity contribution in [3.63, 3.8) is 0 Å². The second kappa shape index (κ2) is 11.6. The van der Waals surface area contributed by atoms with Crippen LogP contribution in [0.2, 0.25) is 0 Å². The number of halogens is 1. The quantitative estimate of drug-likeness (QED) is 0.315. The topological polar surface area (TPSA) is 101 Å². The fraction of sp³-hybridized carbons (Fsp3) is 0.179. The highest BCUT2D eigenvalue weighted by molar-refractivity contribution is 5.93. The van der Waals surface area contributed by atoms with E-state index in [1.54, 1.807) is 42.5 Å². The van der Waals surface area contributed by atoms with Gasteiger partial charge in [0.2, 0.25) is 11.8 Å². The summed E-state index contributed by atoms with van der Waals surface area (Å²) in [5.74, 6) is -0.0725. The van der Waals surface area contributed by atoms with Gasteiger partial charge in [0.25, 0.3) is 0 Å². The Labute approximate surface area is 218 Å². The maximum Gasteiger partial charge on any atom is 0.309 e. The maximum atomic E-state index is 13.7. The molecule has 0 aliphatic heterocycles. The number of carbonyl (C=O) groups excluding carboxylic acids is 2. The molecule has 0 spiro atoms. The van der Waals surface area contributed by atoms with Gasteiger partial charge in [0.05, 0.1) is 25.5 Å². The number of ether oxygens (including phenoxy) is 4. The van der Waals surface area contributed by atoms with Crippen molar-refractivity contribution in [2.45, 2.75) is 6.92 Å². The van der Waals surface area contributed by atoms with Crippen LogP contribution in [0.15, 0.2) is 66.7 Å². The summed E-state index contributed by atoms with van der Waals surface area (Å²) >= 11 is 0. The molecule has 1 N–H and O–H groups in total. The monoisotopic (exact) mass is 519 g/mol. The molecule has 10 heteroatoms. The molecule has 0 radical (unpaired) electrons. The predicted octanol–water partition coefficient (Wildman–Crippen LogP) is 4.87. The molecule has 4 aromatic rings. The highest BCUT2D eigenvalue weighted by Crippen LogP contribution is 2.43. The molecular formula is C28H26FN3O6. The molecule has 0 saturated heterocycles. The number of nitrogens with zero attached hydrogens (tertiary/aromatic N) is 2. The predicted molar refractivity (Wildman–Crippen MR) is 139 cm³/mol. The smallest absolute Gasteiger partial charge is 0.309 e. The zero-order chi connectivity index (χ0) is 27.2. The van der Waals surface area contributed by atoms with Gasteiger partial charge in [0, 0.05) is 31.4 Å². The summed E-state index contributed by atoms with van der Waals surface area (Å²) in [6.07, 6.45) is 0. The minimum Gasteiger partial charge on any atom is -0.497 e. The third-order valence-electron chi connectivity index (χ3n) is 5.51. The zero-order valence-corrected chi connectivity index (χ0v) is 21.3. The number of aromatic nitrogens is 2. The van der Waals surface area contributed by atoms with Crippen LogP contribution in [0.4, 0.5) is 10.1 Å². The van der Waals surface area contributed by atoms with E-state index in [0.29, 0.717) is 45.3 Å².